The third-order valence-electron chi connectivity index (χ3n) is 2.68. The fraction of sp³-hybridized carbons (Fsp3) is 0.500. The smallest absolute Gasteiger partial charge is 0.0620 e. The van der Waals surface area contributed by atoms with Gasteiger partial charge in [-0.3, -0.25) is 0 Å². The second kappa shape index (κ2) is 6.23. The minimum Gasteiger partial charge on any atom is -0.384 e. The van der Waals surface area contributed by atoms with Crippen LogP contribution in [0.15, 0.2) is 28.7 Å². The first-order valence-electron chi connectivity index (χ1n) is 5.66. The summed E-state index contributed by atoms with van der Waals surface area (Å²) in [6.45, 7) is 3.61. The lowest BCUT2D eigenvalue weighted by Gasteiger charge is -2.24. The first-order chi connectivity index (χ1) is 7.86. The van der Waals surface area contributed by atoms with Gasteiger partial charge in [0.05, 0.1) is 13.2 Å². The van der Waals surface area contributed by atoms with Crippen molar-refractivity contribution in [3.8, 4) is 0 Å². The highest BCUT2D eigenvalue weighted by molar-refractivity contribution is 9.10. The first-order valence-corrected chi connectivity index (χ1v) is 6.45. The zero-order valence-corrected chi connectivity index (χ0v) is 10.8. The van der Waals surface area contributed by atoms with Gasteiger partial charge in [0, 0.05) is 29.3 Å². The fourth-order valence-electron chi connectivity index (χ4n) is 1.79. The molecule has 0 radical (unpaired) electrons. The molecule has 2 N–H and O–H groups in total. The molecule has 1 aliphatic heterocycles. The van der Waals surface area contributed by atoms with Gasteiger partial charge in [-0.2, -0.15) is 0 Å². The second-order valence-electron chi connectivity index (χ2n) is 3.92. The van der Waals surface area contributed by atoms with Crippen molar-refractivity contribution in [3.63, 3.8) is 0 Å². The maximum atomic E-state index is 5.41. The minimum absolute atomic E-state index is 0.490. The molecule has 1 atom stereocenters. The Morgan fingerprint density at radius 2 is 2.31 bits per heavy atom. The van der Waals surface area contributed by atoms with Gasteiger partial charge in [-0.1, -0.05) is 12.1 Å². The summed E-state index contributed by atoms with van der Waals surface area (Å²) in [4.78, 5) is 0. The summed E-state index contributed by atoms with van der Waals surface area (Å²) in [5.41, 5.74) is 1.15. The van der Waals surface area contributed by atoms with Crippen molar-refractivity contribution >= 4 is 21.6 Å². The van der Waals surface area contributed by atoms with Gasteiger partial charge in [-0.05, 0) is 34.5 Å². The van der Waals surface area contributed by atoms with Crippen LogP contribution in [0, 0.1) is 0 Å². The molecule has 4 heteroatoms. The Labute approximate surface area is 105 Å². The van der Waals surface area contributed by atoms with Crippen molar-refractivity contribution in [2.45, 2.75) is 12.5 Å². The SMILES string of the molecule is Brc1ccccc1NCCC1COCCN1. The van der Waals surface area contributed by atoms with Gasteiger partial charge in [0.2, 0.25) is 0 Å². The monoisotopic (exact) mass is 284 g/mol. The quantitative estimate of drug-likeness (QED) is 0.890. The van der Waals surface area contributed by atoms with Crippen molar-refractivity contribution in [1.82, 2.24) is 5.32 Å². The number of hydrogen-bond acceptors (Lipinski definition) is 3. The maximum absolute atomic E-state index is 5.41. The molecule has 1 aliphatic rings. The van der Waals surface area contributed by atoms with Crippen LogP contribution in [0.3, 0.4) is 0 Å². The minimum atomic E-state index is 0.490. The van der Waals surface area contributed by atoms with Crippen molar-refractivity contribution in [2.75, 3.05) is 31.6 Å². The summed E-state index contributed by atoms with van der Waals surface area (Å²) < 4.78 is 6.52. The Morgan fingerprint density at radius 1 is 1.44 bits per heavy atom. The number of rotatable bonds is 4. The molecule has 1 aromatic carbocycles. The molecule has 1 fully saturated rings. The average Bonchev–Trinajstić information content (AvgIpc) is 2.33. The third-order valence-corrected chi connectivity index (χ3v) is 3.37. The van der Waals surface area contributed by atoms with Gasteiger partial charge in [-0.25, -0.2) is 0 Å². The van der Waals surface area contributed by atoms with Crippen molar-refractivity contribution < 1.29 is 4.74 Å². The predicted molar refractivity (Wildman–Crippen MR) is 69.9 cm³/mol. The molecule has 0 aliphatic carbocycles. The highest BCUT2D eigenvalue weighted by atomic mass is 79.9. The molecule has 1 aromatic rings. The second-order valence-corrected chi connectivity index (χ2v) is 4.78. The third kappa shape index (κ3) is 3.47. The van der Waals surface area contributed by atoms with E-state index in [9.17, 15) is 0 Å². The molecule has 88 valence electrons. The molecule has 2 rings (SSSR count). The molecule has 0 saturated carbocycles. The van der Waals surface area contributed by atoms with Gasteiger partial charge in [-0.15, -0.1) is 0 Å². The molecular weight excluding hydrogens is 268 g/mol. The summed E-state index contributed by atoms with van der Waals surface area (Å²) in [5, 5.41) is 6.86. The van der Waals surface area contributed by atoms with Crippen LogP contribution >= 0.6 is 15.9 Å². The summed E-state index contributed by atoms with van der Waals surface area (Å²) in [7, 11) is 0. The van der Waals surface area contributed by atoms with E-state index in [4.69, 9.17) is 4.74 Å². The molecule has 16 heavy (non-hydrogen) atoms. The van der Waals surface area contributed by atoms with Crippen LogP contribution in [0.5, 0.6) is 0 Å². The van der Waals surface area contributed by atoms with Gasteiger partial charge >= 0.3 is 0 Å². The summed E-state index contributed by atoms with van der Waals surface area (Å²) in [6.07, 6.45) is 1.08. The molecule has 1 heterocycles. The number of benzene rings is 1. The lowest BCUT2D eigenvalue weighted by atomic mass is 10.2. The van der Waals surface area contributed by atoms with Crippen LogP contribution in [0.25, 0.3) is 0 Å². The van der Waals surface area contributed by atoms with Crippen molar-refractivity contribution in [3.05, 3.63) is 28.7 Å². The highest BCUT2D eigenvalue weighted by Gasteiger charge is 2.11. The number of para-hydroxylation sites is 1. The summed E-state index contributed by atoms with van der Waals surface area (Å²) in [6, 6.07) is 8.67. The summed E-state index contributed by atoms with van der Waals surface area (Å²) in [5.74, 6) is 0. The van der Waals surface area contributed by atoms with Crippen LogP contribution < -0.4 is 10.6 Å². The molecule has 0 amide bonds. The Morgan fingerprint density at radius 3 is 3.06 bits per heavy atom. The lowest BCUT2D eigenvalue weighted by Crippen LogP contribution is -2.42. The number of ether oxygens (including phenoxy) is 1. The van der Waals surface area contributed by atoms with Gasteiger partial charge < -0.3 is 15.4 Å². The number of morpholine rings is 1. The zero-order valence-electron chi connectivity index (χ0n) is 9.21. The van der Waals surface area contributed by atoms with Crippen LogP contribution in [0.2, 0.25) is 0 Å². The van der Waals surface area contributed by atoms with E-state index in [1.54, 1.807) is 0 Å². The van der Waals surface area contributed by atoms with E-state index in [-0.39, 0.29) is 0 Å². The largest absolute Gasteiger partial charge is 0.384 e. The highest BCUT2D eigenvalue weighted by Crippen LogP contribution is 2.21. The van der Waals surface area contributed by atoms with E-state index >= 15 is 0 Å². The normalized spacial score (nSPS) is 20.7. The average molecular weight is 285 g/mol. The molecular formula is C12H17BrN2O. The number of halogens is 1. The van der Waals surface area contributed by atoms with Crippen molar-refractivity contribution in [1.29, 1.82) is 0 Å². The van der Waals surface area contributed by atoms with Crippen LogP contribution in [-0.4, -0.2) is 32.3 Å². The van der Waals surface area contributed by atoms with Crippen LogP contribution in [0.4, 0.5) is 5.69 Å². The Hall–Kier alpha value is -0.580. The standard InChI is InChI=1S/C12H17BrN2O/c13-11-3-1-2-4-12(11)15-6-5-10-9-16-8-7-14-10/h1-4,10,14-15H,5-9H2. The van der Waals surface area contributed by atoms with E-state index in [1.807, 2.05) is 18.2 Å². The lowest BCUT2D eigenvalue weighted by molar-refractivity contribution is 0.0753. The zero-order chi connectivity index (χ0) is 11.2. The maximum Gasteiger partial charge on any atom is 0.0620 e. The Kier molecular flexibility index (Phi) is 4.63. The van der Waals surface area contributed by atoms with E-state index in [2.05, 4.69) is 32.6 Å². The fourth-order valence-corrected chi connectivity index (χ4v) is 2.22. The first kappa shape index (κ1) is 11.9. The van der Waals surface area contributed by atoms with E-state index in [1.165, 1.54) is 0 Å². The molecule has 0 bridgehead atoms. The van der Waals surface area contributed by atoms with Crippen molar-refractivity contribution in [2.24, 2.45) is 0 Å². The molecule has 0 spiro atoms. The van der Waals surface area contributed by atoms with E-state index in [0.29, 0.717) is 6.04 Å². The molecule has 1 unspecified atom stereocenters. The van der Waals surface area contributed by atoms with E-state index < -0.39 is 0 Å². The van der Waals surface area contributed by atoms with Gasteiger partial charge in [0.15, 0.2) is 0 Å². The van der Waals surface area contributed by atoms with Gasteiger partial charge in [0.1, 0.15) is 0 Å². The van der Waals surface area contributed by atoms with Gasteiger partial charge in [0.25, 0.3) is 0 Å². The number of anilines is 1. The predicted octanol–water partition coefficient (Wildman–Crippen LogP) is 2.24. The van der Waals surface area contributed by atoms with E-state index in [0.717, 1.165) is 42.9 Å². The number of nitrogens with one attached hydrogen (secondary N) is 2. The topological polar surface area (TPSA) is 33.3 Å². The Bertz CT molecular complexity index is 327. The Balaban J connectivity index is 1.73. The summed E-state index contributed by atoms with van der Waals surface area (Å²) >= 11 is 3.52. The number of hydrogen-bond donors (Lipinski definition) is 2. The van der Waals surface area contributed by atoms with Crippen LogP contribution in [0.1, 0.15) is 6.42 Å². The van der Waals surface area contributed by atoms with Crippen LogP contribution in [-0.2, 0) is 4.74 Å². The molecule has 1 saturated heterocycles. The molecule has 0 aromatic heterocycles. The molecule has 3 nitrogen and oxygen atoms in total.